The Morgan fingerprint density at radius 1 is 1.07 bits per heavy atom. The average molecular weight is 395 g/mol. The minimum absolute atomic E-state index is 0.126. The highest BCUT2D eigenvalue weighted by Crippen LogP contribution is 2.11. The summed E-state index contributed by atoms with van der Waals surface area (Å²) in [4.78, 5) is 38.7. The van der Waals surface area contributed by atoms with Crippen molar-refractivity contribution in [2.45, 2.75) is 46.1 Å². The van der Waals surface area contributed by atoms with Gasteiger partial charge in [-0.25, -0.2) is 4.79 Å². The number of fused-ring (bicyclic) bond motifs is 1. The van der Waals surface area contributed by atoms with Crippen LogP contribution < -0.4 is 16.6 Å². The minimum Gasteiger partial charge on any atom is -0.374 e. The third-order valence-electron chi connectivity index (χ3n) is 4.63. The molecule has 2 aromatic carbocycles. The van der Waals surface area contributed by atoms with Gasteiger partial charge in [0.25, 0.3) is 5.56 Å². The molecule has 29 heavy (non-hydrogen) atoms. The molecule has 0 aliphatic carbocycles. The fraction of sp³-hybridized carbons (Fsp3) is 0.318. The fourth-order valence-electron chi connectivity index (χ4n) is 3.09. The number of ether oxygens (including phenoxy) is 1. The molecule has 1 amide bonds. The molecule has 0 aliphatic rings. The number of carbonyl (C=O) groups excluding carboxylic acids is 1. The van der Waals surface area contributed by atoms with Crippen LogP contribution in [0.2, 0.25) is 0 Å². The zero-order valence-corrected chi connectivity index (χ0v) is 16.6. The first kappa shape index (κ1) is 20.5. The summed E-state index contributed by atoms with van der Waals surface area (Å²) in [6, 6.07) is 14.7. The van der Waals surface area contributed by atoms with Gasteiger partial charge in [0.1, 0.15) is 0 Å². The topological polar surface area (TPSA) is 93.2 Å². The number of aryl methyl sites for hydroxylation is 1. The van der Waals surface area contributed by atoms with Crippen LogP contribution in [0, 0.1) is 0 Å². The summed E-state index contributed by atoms with van der Waals surface area (Å²) in [5.41, 5.74) is 1.60. The molecular formula is C22H25N3O4. The normalized spacial score (nSPS) is 11.1. The zero-order chi connectivity index (χ0) is 20.8. The number of nitrogens with one attached hydrogen (secondary N) is 2. The Bertz CT molecular complexity index is 1110. The minimum atomic E-state index is -0.516. The first-order valence-corrected chi connectivity index (χ1v) is 9.62. The van der Waals surface area contributed by atoms with E-state index in [0.29, 0.717) is 24.1 Å². The fourth-order valence-corrected chi connectivity index (χ4v) is 3.09. The highest BCUT2D eigenvalue weighted by Gasteiger charge is 2.10. The highest BCUT2D eigenvalue weighted by atomic mass is 16.5. The Labute approximate surface area is 168 Å². The van der Waals surface area contributed by atoms with Crippen molar-refractivity contribution < 1.29 is 9.53 Å². The van der Waals surface area contributed by atoms with Crippen molar-refractivity contribution in [3.8, 4) is 0 Å². The number of benzene rings is 2. The van der Waals surface area contributed by atoms with E-state index in [9.17, 15) is 14.4 Å². The van der Waals surface area contributed by atoms with Crippen molar-refractivity contribution in [1.29, 1.82) is 0 Å². The van der Waals surface area contributed by atoms with Crippen LogP contribution in [0.25, 0.3) is 10.9 Å². The summed E-state index contributed by atoms with van der Waals surface area (Å²) in [6.07, 6.45) is 0.253. The van der Waals surface area contributed by atoms with Crippen LogP contribution >= 0.6 is 0 Å². The molecule has 152 valence electrons. The number of carbonyl (C=O) groups is 1. The quantitative estimate of drug-likeness (QED) is 0.612. The Kier molecular flexibility index (Phi) is 6.61. The van der Waals surface area contributed by atoms with Gasteiger partial charge in [-0.15, -0.1) is 0 Å². The van der Waals surface area contributed by atoms with Crippen molar-refractivity contribution in [3.05, 3.63) is 80.5 Å². The van der Waals surface area contributed by atoms with Gasteiger partial charge >= 0.3 is 5.69 Å². The first-order chi connectivity index (χ1) is 14.0. The second-order valence-electron chi connectivity index (χ2n) is 7.08. The number of aromatic nitrogens is 2. The standard InChI is InChI=1S/C22H25N3O4/c1-15(2)29-14-17-8-4-3-7-16(17)13-23-20(26)11-12-25-19-10-6-5-9-18(19)21(27)24-22(25)28/h3-10,15H,11-14H2,1-2H3,(H,23,26)(H,24,27,28). The summed E-state index contributed by atoms with van der Waals surface area (Å²) < 4.78 is 7.08. The van der Waals surface area contributed by atoms with Crippen LogP contribution in [-0.2, 0) is 29.2 Å². The smallest absolute Gasteiger partial charge is 0.328 e. The molecule has 1 aromatic heterocycles. The molecule has 7 nitrogen and oxygen atoms in total. The Hall–Kier alpha value is -3.19. The molecule has 1 heterocycles. The summed E-state index contributed by atoms with van der Waals surface area (Å²) in [5.74, 6) is -0.174. The number of hydrogen-bond acceptors (Lipinski definition) is 4. The van der Waals surface area contributed by atoms with E-state index in [4.69, 9.17) is 4.74 Å². The maximum absolute atomic E-state index is 12.4. The molecule has 0 spiro atoms. The lowest BCUT2D eigenvalue weighted by Gasteiger charge is -2.13. The molecule has 0 saturated heterocycles. The third-order valence-corrected chi connectivity index (χ3v) is 4.63. The van der Waals surface area contributed by atoms with Gasteiger partial charge in [0.05, 0.1) is 23.6 Å². The van der Waals surface area contributed by atoms with Gasteiger partial charge in [0, 0.05) is 19.5 Å². The van der Waals surface area contributed by atoms with Gasteiger partial charge in [-0.1, -0.05) is 36.4 Å². The number of aromatic amines is 1. The summed E-state index contributed by atoms with van der Waals surface area (Å²) >= 11 is 0. The molecule has 0 atom stereocenters. The maximum Gasteiger partial charge on any atom is 0.328 e. The molecule has 0 saturated carbocycles. The van der Waals surface area contributed by atoms with Crippen molar-refractivity contribution in [2.75, 3.05) is 0 Å². The molecular weight excluding hydrogens is 370 g/mol. The van der Waals surface area contributed by atoms with E-state index in [0.717, 1.165) is 11.1 Å². The Morgan fingerprint density at radius 3 is 2.52 bits per heavy atom. The van der Waals surface area contributed by atoms with Gasteiger partial charge < -0.3 is 10.1 Å². The summed E-state index contributed by atoms with van der Waals surface area (Å²) in [6.45, 7) is 5.01. The Balaban J connectivity index is 1.64. The van der Waals surface area contributed by atoms with Crippen LogP contribution in [0.5, 0.6) is 0 Å². The molecule has 0 fully saturated rings. The van der Waals surface area contributed by atoms with Gasteiger partial charge in [-0.05, 0) is 37.1 Å². The molecule has 0 aliphatic heterocycles. The molecule has 0 unspecified atom stereocenters. The lowest BCUT2D eigenvalue weighted by Crippen LogP contribution is -2.32. The number of rotatable bonds is 8. The second kappa shape index (κ2) is 9.34. The highest BCUT2D eigenvalue weighted by molar-refractivity contribution is 5.78. The molecule has 7 heteroatoms. The summed E-state index contributed by atoms with van der Waals surface area (Å²) in [7, 11) is 0. The Morgan fingerprint density at radius 2 is 1.76 bits per heavy atom. The van der Waals surface area contributed by atoms with Gasteiger partial charge in [0.2, 0.25) is 5.91 Å². The van der Waals surface area contributed by atoms with E-state index in [-0.39, 0.29) is 25.0 Å². The zero-order valence-electron chi connectivity index (χ0n) is 16.6. The predicted molar refractivity (Wildman–Crippen MR) is 112 cm³/mol. The van der Waals surface area contributed by atoms with E-state index in [1.54, 1.807) is 24.3 Å². The van der Waals surface area contributed by atoms with E-state index in [1.165, 1.54) is 4.57 Å². The first-order valence-electron chi connectivity index (χ1n) is 9.62. The maximum atomic E-state index is 12.4. The van der Waals surface area contributed by atoms with Gasteiger partial charge in [-0.2, -0.15) is 0 Å². The lowest BCUT2D eigenvalue weighted by molar-refractivity contribution is -0.121. The predicted octanol–water partition coefficient (Wildman–Crippen LogP) is 2.32. The van der Waals surface area contributed by atoms with Gasteiger partial charge in [-0.3, -0.25) is 19.1 Å². The molecule has 3 aromatic rings. The van der Waals surface area contributed by atoms with Crippen LogP contribution in [0.1, 0.15) is 31.4 Å². The van der Waals surface area contributed by atoms with E-state index in [1.807, 2.05) is 38.1 Å². The largest absolute Gasteiger partial charge is 0.374 e. The SMILES string of the molecule is CC(C)OCc1ccccc1CNC(=O)CCn1c(=O)[nH]c(=O)c2ccccc21. The summed E-state index contributed by atoms with van der Waals surface area (Å²) in [5, 5.41) is 3.32. The van der Waals surface area contributed by atoms with Crippen LogP contribution in [0.3, 0.4) is 0 Å². The van der Waals surface area contributed by atoms with Crippen LogP contribution in [0.4, 0.5) is 0 Å². The van der Waals surface area contributed by atoms with Crippen molar-refractivity contribution in [1.82, 2.24) is 14.9 Å². The van der Waals surface area contributed by atoms with Crippen LogP contribution in [0.15, 0.2) is 58.1 Å². The van der Waals surface area contributed by atoms with E-state index >= 15 is 0 Å². The van der Waals surface area contributed by atoms with Crippen molar-refractivity contribution >= 4 is 16.8 Å². The lowest BCUT2D eigenvalue weighted by atomic mass is 10.1. The van der Waals surface area contributed by atoms with Crippen molar-refractivity contribution in [3.63, 3.8) is 0 Å². The number of para-hydroxylation sites is 1. The van der Waals surface area contributed by atoms with E-state index in [2.05, 4.69) is 10.3 Å². The molecule has 0 bridgehead atoms. The van der Waals surface area contributed by atoms with E-state index < -0.39 is 11.2 Å². The number of hydrogen-bond donors (Lipinski definition) is 2. The van der Waals surface area contributed by atoms with Crippen molar-refractivity contribution in [2.24, 2.45) is 0 Å². The van der Waals surface area contributed by atoms with Gasteiger partial charge in [0.15, 0.2) is 0 Å². The van der Waals surface area contributed by atoms with Crippen LogP contribution in [-0.4, -0.2) is 21.6 Å². The molecule has 0 radical (unpaired) electrons. The molecule has 2 N–H and O–H groups in total. The number of nitrogens with zero attached hydrogens (tertiary/aromatic N) is 1. The molecule has 3 rings (SSSR count). The third kappa shape index (κ3) is 5.20. The average Bonchev–Trinajstić information content (AvgIpc) is 2.71. The second-order valence-corrected chi connectivity index (χ2v) is 7.08. The number of H-pyrrole nitrogens is 1. The monoisotopic (exact) mass is 395 g/mol. The number of amides is 1.